The van der Waals surface area contributed by atoms with Gasteiger partial charge in [0.25, 0.3) is 0 Å². The minimum atomic E-state index is -0.0497. The fraction of sp³-hybridized carbons (Fsp3) is 1.00. The van der Waals surface area contributed by atoms with Gasteiger partial charge in [0.1, 0.15) is 0 Å². The van der Waals surface area contributed by atoms with E-state index in [1.165, 1.54) is 6.42 Å². The van der Waals surface area contributed by atoms with Gasteiger partial charge in [-0.3, -0.25) is 0 Å². The molecule has 11 heavy (non-hydrogen) atoms. The maximum Gasteiger partial charge on any atom is 0.0281 e. The molecular formula is C9H20N2. The van der Waals surface area contributed by atoms with Crippen molar-refractivity contribution in [3.8, 4) is 0 Å². The Labute approximate surface area is 69.3 Å². The summed E-state index contributed by atoms with van der Waals surface area (Å²) in [5.41, 5.74) is 11.7. The van der Waals surface area contributed by atoms with Crippen LogP contribution in [0.1, 0.15) is 33.1 Å². The summed E-state index contributed by atoms with van der Waals surface area (Å²) in [7, 11) is 0. The lowest BCUT2D eigenvalue weighted by molar-refractivity contribution is 0.181. The molecule has 2 nitrogen and oxygen atoms in total. The summed E-state index contributed by atoms with van der Waals surface area (Å²) in [6, 6.07) is 0. The van der Waals surface area contributed by atoms with Gasteiger partial charge in [0.15, 0.2) is 0 Å². The predicted octanol–water partition coefficient (Wildman–Crippen LogP) is 1.10. The lowest BCUT2D eigenvalue weighted by atomic mass is 9.72. The second kappa shape index (κ2) is 3.11. The Balaban J connectivity index is 2.51. The van der Waals surface area contributed by atoms with Crippen LogP contribution in [0.5, 0.6) is 0 Å². The van der Waals surface area contributed by atoms with Crippen molar-refractivity contribution in [2.45, 2.75) is 38.6 Å². The zero-order valence-corrected chi connectivity index (χ0v) is 7.64. The van der Waals surface area contributed by atoms with Crippen LogP contribution in [-0.2, 0) is 0 Å². The molecule has 0 bridgehead atoms. The van der Waals surface area contributed by atoms with Crippen molar-refractivity contribution in [1.82, 2.24) is 0 Å². The van der Waals surface area contributed by atoms with E-state index in [4.69, 9.17) is 11.5 Å². The van der Waals surface area contributed by atoms with Gasteiger partial charge in [-0.15, -0.1) is 0 Å². The monoisotopic (exact) mass is 156 g/mol. The van der Waals surface area contributed by atoms with E-state index in [1.54, 1.807) is 0 Å². The van der Waals surface area contributed by atoms with Crippen molar-refractivity contribution < 1.29 is 0 Å². The summed E-state index contributed by atoms with van der Waals surface area (Å²) in [6.45, 7) is 5.23. The minimum Gasteiger partial charge on any atom is -0.329 e. The fourth-order valence-corrected chi connectivity index (χ4v) is 1.93. The molecule has 2 heteroatoms. The van der Waals surface area contributed by atoms with Crippen LogP contribution in [0.25, 0.3) is 0 Å². The van der Waals surface area contributed by atoms with Crippen molar-refractivity contribution in [3.63, 3.8) is 0 Å². The van der Waals surface area contributed by atoms with Crippen molar-refractivity contribution in [2.75, 3.05) is 6.54 Å². The third kappa shape index (κ3) is 1.94. The first-order valence-corrected chi connectivity index (χ1v) is 4.56. The maximum absolute atomic E-state index is 6.09. The molecule has 0 heterocycles. The molecule has 1 fully saturated rings. The van der Waals surface area contributed by atoms with Gasteiger partial charge in [0.05, 0.1) is 0 Å². The summed E-state index contributed by atoms with van der Waals surface area (Å²) in [6.07, 6.45) is 3.45. The van der Waals surface area contributed by atoms with E-state index in [9.17, 15) is 0 Å². The van der Waals surface area contributed by atoms with Crippen LogP contribution < -0.4 is 11.5 Å². The van der Waals surface area contributed by atoms with Crippen LogP contribution in [0, 0.1) is 11.8 Å². The van der Waals surface area contributed by atoms with E-state index in [-0.39, 0.29) is 5.54 Å². The molecule has 0 aromatic carbocycles. The molecule has 3 atom stereocenters. The molecule has 4 N–H and O–H groups in total. The van der Waals surface area contributed by atoms with E-state index in [0.29, 0.717) is 6.54 Å². The van der Waals surface area contributed by atoms with Crippen molar-refractivity contribution >= 4 is 0 Å². The highest BCUT2D eigenvalue weighted by Gasteiger charge is 2.32. The molecule has 1 aliphatic carbocycles. The molecule has 1 aliphatic rings. The van der Waals surface area contributed by atoms with Crippen LogP contribution in [0.4, 0.5) is 0 Å². The van der Waals surface area contributed by atoms with Crippen LogP contribution in [0.3, 0.4) is 0 Å². The fourth-order valence-electron chi connectivity index (χ4n) is 1.93. The van der Waals surface area contributed by atoms with Crippen LogP contribution in [0.15, 0.2) is 0 Å². The van der Waals surface area contributed by atoms with Gasteiger partial charge in [0, 0.05) is 12.1 Å². The SMILES string of the molecule is CC1CCC(N)(CN)CC1C. The van der Waals surface area contributed by atoms with Crippen LogP contribution in [-0.4, -0.2) is 12.1 Å². The topological polar surface area (TPSA) is 52.0 Å². The van der Waals surface area contributed by atoms with Crippen LogP contribution >= 0.6 is 0 Å². The Morgan fingerprint density at radius 2 is 2.00 bits per heavy atom. The average Bonchev–Trinajstić information content (AvgIpc) is 1.98. The molecule has 0 amide bonds. The molecule has 0 spiro atoms. The summed E-state index contributed by atoms with van der Waals surface area (Å²) in [5.74, 6) is 1.58. The molecule has 0 radical (unpaired) electrons. The minimum absolute atomic E-state index is 0.0497. The number of hydrogen-bond donors (Lipinski definition) is 2. The van der Waals surface area contributed by atoms with E-state index in [2.05, 4.69) is 13.8 Å². The van der Waals surface area contributed by atoms with Crippen molar-refractivity contribution in [2.24, 2.45) is 23.3 Å². The Morgan fingerprint density at radius 3 is 2.45 bits per heavy atom. The Hall–Kier alpha value is -0.0800. The molecular weight excluding hydrogens is 136 g/mol. The highest BCUT2D eigenvalue weighted by atomic mass is 14.8. The van der Waals surface area contributed by atoms with Crippen molar-refractivity contribution in [3.05, 3.63) is 0 Å². The quantitative estimate of drug-likeness (QED) is 0.597. The Kier molecular flexibility index (Phi) is 2.55. The molecule has 3 unspecified atom stereocenters. The maximum atomic E-state index is 6.09. The molecule has 1 saturated carbocycles. The molecule has 0 aromatic heterocycles. The predicted molar refractivity (Wildman–Crippen MR) is 48.2 cm³/mol. The standard InChI is InChI=1S/C9H20N2/c1-7-3-4-9(11,6-10)5-8(7)2/h7-8H,3-6,10-11H2,1-2H3. The lowest BCUT2D eigenvalue weighted by Gasteiger charge is -2.39. The third-order valence-electron chi connectivity index (χ3n) is 3.20. The summed E-state index contributed by atoms with van der Waals surface area (Å²) >= 11 is 0. The van der Waals surface area contributed by atoms with Gasteiger partial charge in [-0.25, -0.2) is 0 Å². The van der Waals surface area contributed by atoms with E-state index in [1.807, 2.05) is 0 Å². The first kappa shape index (κ1) is 9.01. The average molecular weight is 156 g/mol. The van der Waals surface area contributed by atoms with E-state index < -0.39 is 0 Å². The number of hydrogen-bond acceptors (Lipinski definition) is 2. The van der Waals surface area contributed by atoms with Gasteiger partial charge in [-0.05, 0) is 31.1 Å². The second-order valence-electron chi connectivity index (χ2n) is 4.26. The number of nitrogens with two attached hydrogens (primary N) is 2. The van der Waals surface area contributed by atoms with Gasteiger partial charge in [0.2, 0.25) is 0 Å². The second-order valence-corrected chi connectivity index (χ2v) is 4.26. The van der Waals surface area contributed by atoms with Crippen LogP contribution in [0.2, 0.25) is 0 Å². The van der Waals surface area contributed by atoms with Crippen molar-refractivity contribution in [1.29, 1.82) is 0 Å². The molecule has 66 valence electrons. The highest BCUT2D eigenvalue weighted by Crippen LogP contribution is 2.33. The molecule has 0 aliphatic heterocycles. The third-order valence-corrected chi connectivity index (χ3v) is 3.20. The molecule has 0 aromatic rings. The zero-order chi connectivity index (χ0) is 8.48. The largest absolute Gasteiger partial charge is 0.329 e. The van der Waals surface area contributed by atoms with E-state index >= 15 is 0 Å². The smallest absolute Gasteiger partial charge is 0.0281 e. The first-order valence-electron chi connectivity index (χ1n) is 4.56. The zero-order valence-electron chi connectivity index (χ0n) is 7.64. The van der Waals surface area contributed by atoms with Gasteiger partial charge >= 0.3 is 0 Å². The van der Waals surface area contributed by atoms with Gasteiger partial charge < -0.3 is 11.5 Å². The summed E-state index contributed by atoms with van der Waals surface area (Å²) < 4.78 is 0. The lowest BCUT2D eigenvalue weighted by Crippen LogP contribution is -2.51. The summed E-state index contributed by atoms with van der Waals surface area (Å²) in [4.78, 5) is 0. The van der Waals surface area contributed by atoms with Gasteiger partial charge in [-0.2, -0.15) is 0 Å². The van der Waals surface area contributed by atoms with Gasteiger partial charge in [-0.1, -0.05) is 13.8 Å². The summed E-state index contributed by atoms with van der Waals surface area (Å²) in [5, 5.41) is 0. The Bertz CT molecular complexity index is 136. The number of rotatable bonds is 1. The van der Waals surface area contributed by atoms with E-state index in [0.717, 1.165) is 24.7 Å². The molecule has 1 rings (SSSR count). The normalized spacial score (nSPS) is 45.8. The Morgan fingerprint density at radius 1 is 1.36 bits per heavy atom. The molecule has 0 saturated heterocycles. The first-order chi connectivity index (χ1) is 5.07. The highest BCUT2D eigenvalue weighted by molar-refractivity contribution is 4.92.